The summed E-state index contributed by atoms with van der Waals surface area (Å²) in [4.78, 5) is 31.4. The molecule has 0 spiro atoms. The summed E-state index contributed by atoms with van der Waals surface area (Å²) in [6, 6.07) is 8.75. The maximum absolute atomic E-state index is 13.9. The molecule has 12 heteroatoms. The summed E-state index contributed by atoms with van der Waals surface area (Å²) >= 11 is 0. The van der Waals surface area contributed by atoms with Crippen molar-refractivity contribution in [2.45, 2.75) is 49.7 Å². The standard InChI is InChI=1S/C27H27N7O4S/c1-2-38-24-15-29-14-22(31-24)16-3-6-21(19(9-16)13-28)32-26(35)27(11-17-10-18(17)12-27)25-30-8-7-23(33-25)34-39(36,37)20-4-5-20/h3,6-9,14-15,17-18,20H,2,4-5,10-12H2,1H3,(H,32,35)(H,30,33,34). The van der Waals surface area contributed by atoms with E-state index in [2.05, 4.69) is 36.0 Å². The van der Waals surface area contributed by atoms with Gasteiger partial charge in [0.05, 0.1) is 41.2 Å². The molecule has 2 unspecified atom stereocenters. The predicted molar refractivity (Wildman–Crippen MR) is 142 cm³/mol. The molecule has 0 bridgehead atoms. The number of rotatable bonds is 9. The van der Waals surface area contributed by atoms with Gasteiger partial charge in [-0.25, -0.2) is 23.4 Å². The maximum atomic E-state index is 13.9. The molecule has 3 aliphatic rings. The van der Waals surface area contributed by atoms with Crippen LogP contribution in [0.3, 0.4) is 0 Å². The van der Waals surface area contributed by atoms with E-state index in [1.165, 1.54) is 18.5 Å². The molecule has 2 heterocycles. The molecule has 3 fully saturated rings. The molecule has 0 aliphatic heterocycles. The fourth-order valence-corrected chi connectivity index (χ4v) is 6.69. The van der Waals surface area contributed by atoms with E-state index >= 15 is 0 Å². The van der Waals surface area contributed by atoms with E-state index in [1.807, 2.05) is 6.92 Å². The molecule has 2 aromatic heterocycles. The lowest BCUT2D eigenvalue weighted by Gasteiger charge is -2.28. The van der Waals surface area contributed by atoms with Crippen molar-refractivity contribution in [3.63, 3.8) is 0 Å². The first-order valence-corrected chi connectivity index (χ1v) is 14.5. The highest BCUT2D eigenvalue weighted by Gasteiger charge is 2.59. The third kappa shape index (κ3) is 4.90. The van der Waals surface area contributed by atoms with Gasteiger partial charge in [-0.3, -0.25) is 14.5 Å². The second-order valence-corrected chi connectivity index (χ2v) is 12.3. The van der Waals surface area contributed by atoms with Crippen molar-refractivity contribution in [1.29, 1.82) is 5.26 Å². The van der Waals surface area contributed by atoms with Crippen LogP contribution in [0.2, 0.25) is 0 Å². The topological polar surface area (TPSA) is 160 Å². The van der Waals surface area contributed by atoms with Gasteiger partial charge in [0.2, 0.25) is 21.8 Å². The van der Waals surface area contributed by atoms with Crippen molar-refractivity contribution in [3.05, 3.63) is 54.2 Å². The monoisotopic (exact) mass is 545 g/mol. The second-order valence-electron chi connectivity index (χ2n) is 10.4. The maximum Gasteiger partial charge on any atom is 0.238 e. The Hall–Kier alpha value is -4.11. The minimum atomic E-state index is -3.51. The van der Waals surface area contributed by atoms with Gasteiger partial charge in [0.15, 0.2) is 0 Å². The Balaban J connectivity index is 1.28. The van der Waals surface area contributed by atoms with E-state index in [9.17, 15) is 18.5 Å². The molecule has 2 N–H and O–H groups in total. The Bertz CT molecular complexity index is 1590. The van der Waals surface area contributed by atoms with Crippen LogP contribution in [0.5, 0.6) is 5.88 Å². The number of hydrogen-bond acceptors (Lipinski definition) is 9. The van der Waals surface area contributed by atoms with Crippen LogP contribution >= 0.6 is 0 Å². The number of hydrogen-bond donors (Lipinski definition) is 2. The van der Waals surface area contributed by atoms with Crippen LogP contribution in [0.1, 0.15) is 50.4 Å². The number of nitriles is 1. The van der Waals surface area contributed by atoms with Crippen LogP contribution in [0.15, 0.2) is 42.9 Å². The van der Waals surface area contributed by atoms with E-state index in [1.54, 1.807) is 24.4 Å². The third-order valence-electron chi connectivity index (χ3n) is 7.61. The van der Waals surface area contributed by atoms with Gasteiger partial charge >= 0.3 is 0 Å². The smallest absolute Gasteiger partial charge is 0.238 e. The van der Waals surface area contributed by atoms with Crippen LogP contribution < -0.4 is 14.8 Å². The SMILES string of the molecule is CCOc1cncc(-c2ccc(NC(=O)C3(c4nccc(NS(=O)(=O)C5CC5)n4)CC4CC4C3)c(C#N)c2)n1. The summed E-state index contributed by atoms with van der Waals surface area (Å²) in [5.74, 6) is 1.34. The van der Waals surface area contributed by atoms with Crippen molar-refractivity contribution in [3.8, 4) is 23.2 Å². The lowest BCUT2D eigenvalue weighted by Crippen LogP contribution is -2.41. The number of sulfonamides is 1. The Labute approximate surface area is 226 Å². The van der Waals surface area contributed by atoms with Gasteiger partial charge in [0, 0.05) is 11.8 Å². The van der Waals surface area contributed by atoms with Crippen LogP contribution in [0.4, 0.5) is 11.5 Å². The molecule has 200 valence electrons. The zero-order valence-corrected chi connectivity index (χ0v) is 22.1. The van der Waals surface area contributed by atoms with Gasteiger partial charge < -0.3 is 10.1 Å². The van der Waals surface area contributed by atoms with E-state index in [-0.39, 0.29) is 17.3 Å². The zero-order chi connectivity index (χ0) is 27.2. The first-order chi connectivity index (χ1) is 18.8. The number of anilines is 2. The number of benzene rings is 1. The van der Waals surface area contributed by atoms with Gasteiger partial charge in [-0.1, -0.05) is 6.07 Å². The van der Waals surface area contributed by atoms with E-state index in [0.29, 0.717) is 72.8 Å². The molecule has 0 radical (unpaired) electrons. The quantitative estimate of drug-likeness (QED) is 0.411. The normalized spacial score (nSPS) is 23.4. The van der Waals surface area contributed by atoms with Gasteiger partial charge in [0.1, 0.15) is 23.1 Å². The number of ether oxygens (including phenoxy) is 1. The first-order valence-electron chi connectivity index (χ1n) is 13.0. The highest BCUT2D eigenvalue weighted by molar-refractivity contribution is 7.93. The van der Waals surface area contributed by atoms with Gasteiger partial charge in [-0.05, 0) is 69.1 Å². The van der Waals surface area contributed by atoms with Gasteiger partial charge in [-0.2, -0.15) is 5.26 Å². The van der Waals surface area contributed by atoms with Gasteiger partial charge in [-0.15, -0.1) is 0 Å². The summed E-state index contributed by atoms with van der Waals surface area (Å²) in [7, 11) is -3.51. The summed E-state index contributed by atoms with van der Waals surface area (Å²) in [6.45, 7) is 2.31. The number of nitrogens with one attached hydrogen (secondary N) is 2. The number of carbonyl (C=O) groups excluding carboxylic acids is 1. The molecule has 1 amide bonds. The lowest BCUT2D eigenvalue weighted by molar-refractivity contribution is -0.122. The molecule has 3 saturated carbocycles. The number of aromatic nitrogens is 4. The third-order valence-corrected chi connectivity index (χ3v) is 9.45. The highest BCUT2D eigenvalue weighted by atomic mass is 32.2. The molecular weight excluding hydrogens is 518 g/mol. The summed E-state index contributed by atoms with van der Waals surface area (Å²) in [5.41, 5.74) is 0.827. The molecule has 6 rings (SSSR count). The summed E-state index contributed by atoms with van der Waals surface area (Å²) in [6.07, 6.45) is 8.05. The van der Waals surface area contributed by atoms with Crippen LogP contribution in [0.25, 0.3) is 11.3 Å². The number of nitrogens with zero attached hydrogens (tertiary/aromatic N) is 5. The minimum Gasteiger partial charge on any atom is -0.477 e. The highest BCUT2D eigenvalue weighted by Crippen LogP contribution is 2.60. The minimum absolute atomic E-state index is 0.164. The lowest BCUT2D eigenvalue weighted by atomic mass is 9.80. The van der Waals surface area contributed by atoms with Crippen molar-refractivity contribution < 1.29 is 17.9 Å². The Kier molecular flexibility index (Phi) is 6.18. The molecular formula is C27H27N7O4S. The number of carbonyl (C=O) groups is 1. The van der Waals surface area contributed by atoms with Crippen molar-refractivity contribution in [1.82, 2.24) is 19.9 Å². The molecule has 2 atom stereocenters. The van der Waals surface area contributed by atoms with Crippen LogP contribution in [-0.2, 0) is 20.2 Å². The van der Waals surface area contributed by atoms with Crippen LogP contribution in [-0.4, -0.2) is 46.1 Å². The molecule has 0 saturated heterocycles. The molecule has 39 heavy (non-hydrogen) atoms. The summed E-state index contributed by atoms with van der Waals surface area (Å²) < 4.78 is 32.9. The second kappa shape index (κ2) is 9.57. The predicted octanol–water partition coefficient (Wildman–Crippen LogP) is 3.41. The average molecular weight is 546 g/mol. The Morgan fingerprint density at radius 2 is 1.97 bits per heavy atom. The molecule has 1 aromatic carbocycles. The van der Waals surface area contributed by atoms with Crippen molar-refractivity contribution in [2.75, 3.05) is 16.6 Å². The average Bonchev–Trinajstić information content (AvgIpc) is 3.87. The van der Waals surface area contributed by atoms with Gasteiger partial charge in [0.25, 0.3) is 0 Å². The zero-order valence-electron chi connectivity index (χ0n) is 21.3. The number of fused-ring (bicyclic) bond motifs is 1. The molecule has 11 nitrogen and oxygen atoms in total. The van der Waals surface area contributed by atoms with E-state index < -0.39 is 20.7 Å². The van der Waals surface area contributed by atoms with E-state index in [4.69, 9.17) is 4.74 Å². The van der Waals surface area contributed by atoms with Crippen LogP contribution in [0, 0.1) is 23.2 Å². The Morgan fingerprint density at radius 1 is 1.18 bits per heavy atom. The molecule has 3 aliphatic carbocycles. The first kappa shape index (κ1) is 25.2. The fraction of sp³-hybridized carbons (Fsp3) is 0.407. The largest absolute Gasteiger partial charge is 0.477 e. The fourth-order valence-electron chi connectivity index (χ4n) is 5.36. The van der Waals surface area contributed by atoms with E-state index in [0.717, 1.165) is 6.42 Å². The number of amides is 1. The summed E-state index contributed by atoms with van der Waals surface area (Å²) in [5, 5.41) is 12.4. The molecule has 3 aromatic rings. The Morgan fingerprint density at radius 3 is 2.69 bits per heavy atom. The van der Waals surface area contributed by atoms with Crippen molar-refractivity contribution >= 4 is 27.4 Å². The van der Waals surface area contributed by atoms with Crippen molar-refractivity contribution in [2.24, 2.45) is 11.8 Å².